The molecule has 3 N–H and O–H groups in total. The summed E-state index contributed by atoms with van der Waals surface area (Å²) in [5.74, 6) is 2.30. The molecule has 6 amide bonds. The zero-order chi connectivity index (χ0) is 95.1. The standard InChI is InChI=1S/C34H42F3N4O6.C34H47N4O6.C32H43N4O6.3V/c1-18-26(16-42)41-15-28(18)46-30-24(38-23-11-10-20(14-25(23)39-30)45-17-34(35,36)37)9-7-5-6-8-21-22-12-19(22)13-27(21)47-32(44)40-29(31(41)43)33(2,3)4;1-6-23-27(20-39)38-19-29(23)43-31-25(35-24-17-16-22(42-7-2)18-26(24)36-31)14-10-8-9-12-21-13-11-15-28(21)44-33(41)37-30(32(38)40)34(3,4)5;1-6-21-25(18-37)36-17-27(21)41-29-23(33-22-14-13-20(40-7-2)16-24(22)34-29)12-10-8-9-11-19-15-26(19)42-31(39)35-28(30(36)38)32(3,4)5;;;/h10-11,14,18-19,21-22,26-29H,5-9,12-13,15,17H2,1-4H3,(H,40,44);16-18,21,23,27-30H,6-15,19H2,1-5H3,(H,37,41);13-14,16,19,21,25-28H,6-12,15,17H2,1-5H3,(H,35,39);;;/q3*-1;;;/t18-,19?,21+,22?,26+,27+,28-,29+;21-,23+,27-,28-,29+,30-;19-,21+,25-,26-,27+,28-;;;/m011.../s1. The third kappa shape index (κ3) is 26.1. The van der Waals surface area contributed by atoms with Crippen LogP contribution in [0.4, 0.5) is 27.6 Å². The van der Waals surface area contributed by atoms with Gasteiger partial charge in [0.25, 0.3) is 0 Å². The van der Waals surface area contributed by atoms with E-state index in [2.05, 4.69) is 33.5 Å². The molecule has 3 aromatic heterocycles. The van der Waals surface area contributed by atoms with Crippen molar-refractivity contribution in [1.82, 2.24) is 60.6 Å². The molecule has 30 nitrogen and oxygen atoms in total. The summed E-state index contributed by atoms with van der Waals surface area (Å²) in [7, 11) is 0. The van der Waals surface area contributed by atoms with Gasteiger partial charge in [-0.05, 0) is 210 Å². The topological polar surface area (TPSA) is 360 Å². The molecule has 6 bridgehead atoms. The second-order valence-electron chi connectivity index (χ2n) is 41.0. The van der Waals surface area contributed by atoms with E-state index in [0.29, 0.717) is 120 Å². The Labute approximate surface area is 831 Å². The number of nitrogens with one attached hydrogen (secondary N) is 3. The fourth-order valence-electron chi connectivity index (χ4n) is 20.8. The van der Waals surface area contributed by atoms with Crippen molar-refractivity contribution in [2.45, 2.75) is 324 Å². The van der Waals surface area contributed by atoms with Gasteiger partial charge in [0.1, 0.15) is 89.1 Å². The SMILES string of the molecule is CCOc1ccc2nc3c(nc2c1)O[C@H]1CN(C(=O)[C@H](C(C)(C)C)NC(=O)O[C@@H]2CCC[C@H]2CCCCC3)[C@H]([C-]=O)[C@@H]1CC.CCOc1ccc2nc3c(nc2c1)O[C@H]1CN(C(=O)[C@H](C(C)(C)C)NC(=O)O[C@@H]2C[C@H]2CCCCC3)[C@H]([C-]=O)[C@@H]1CC.C[C@@H]1[C@@H]2CN(C(=O)[C@H](C(C)(C)C)NC(=O)O[C@@H]3CC4CC4[C@H]3CCCCCc3nc4ccc(OCC(F)(F)F)cc4nc3O2)[C@@H]1[C-]=O.[V].[V].[V]. The first-order chi connectivity index (χ1) is 63.5. The minimum Gasteiger partial charge on any atom is -0.540 e. The number of alkyl carbamates (subject to hydrolysis) is 3. The molecule has 3 saturated heterocycles. The molecule has 36 heteroatoms. The van der Waals surface area contributed by atoms with E-state index in [-0.39, 0.29) is 135 Å². The number of hydrogen-bond donors (Lipinski definition) is 3. The molecule has 136 heavy (non-hydrogen) atoms. The monoisotopic (exact) mass is 2000 g/mol. The summed E-state index contributed by atoms with van der Waals surface area (Å²) < 4.78 is 91.9. The molecule has 3 radical (unpaired) electrons. The average Bonchev–Trinajstić information content (AvgIpc) is 1.59. The van der Waals surface area contributed by atoms with Crippen molar-refractivity contribution in [3.8, 4) is 34.9 Å². The number of alkyl halides is 3. The smallest absolute Gasteiger partial charge is 0.422 e. The van der Waals surface area contributed by atoms with Crippen LogP contribution in [0, 0.1) is 63.6 Å². The van der Waals surface area contributed by atoms with E-state index >= 15 is 0 Å². The van der Waals surface area contributed by atoms with Crippen LogP contribution in [0.2, 0.25) is 0 Å². The van der Waals surface area contributed by atoms with Gasteiger partial charge in [-0.2, -0.15) is 13.2 Å². The summed E-state index contributed by atoms with van der Waals surface area (Å²) >= 11 is 0. The van der Waals surface area contributed by atoms with Crippen molar-refractivity contribution in [3.63, 3.8) is 0 Å². The van der Waals surface area contributed by atoms with E-state index in [1.807, 2.05) is 133 Å². The molecule has 16 rings (SSSR count). The van der Waals surface area contributed by atoms with E-state index in [1.54, 1.807) is 13.0 Å². The number of benzene rings is 3. The van der Waals surface area contributed by atoms with Crippen LogP contribution in [0.1, 0.15) is 242 Å². The Hall–Kier alpha value is -8.75. The number of carbonyl (C=O) groups is 6. The first-order valence-electron chi connectivity index (χ1n) is 48.3. The summed E-state index contributed by atoms with van der Waals surface area (Å²) in [6.45, 7) is 26.5. The molecule has 739 valence electrons. The summed E-state index contributed by atoms with van der Waals surface area (Å²) in [6, 6.07) is 10.4. The summed E-state index contributed by atoms with van der Waals surface area (Å²) in [6.07, 6.45) is 18.1. The van der Waals surface area contributed by atoms with Gasteiger partial charge in [-0.15, -0.1) is 0 Å². The average molecular weight is 2000 g/mol. The summed E-state index contributed by atoms with van der Waals surface area (Å²) in [4.78, 5) is 152. The normalized spacial score (nSPS) is 29.1. The molecular formula is C100H132F3N12O18V3-3. The molecule has 7 fully saturated rings. The van der Waals surface area contributed by atoms with Gasteiger partial charge in [0.05, 0.1) is 65.9 Å². The molecule has 6 aromatic rings. The van der Waals surface area contributed by atoms with Crippen LogP contribution in [0.5, 0.6) is 34.9 Å². The molecule has 4 aliphatic carbocycles. The minimum atomic E-state index is -4.49. The number of halogens is 3. The van der Waals surface area contributed by atoms with E-state index in [4.69, 9.17) is 67.6 Å². The summed E-state index contributed by atoms with van der Waals surface area (Å²) in [5, 5.41) is 8.53. The zero-order valence-electron chi connectivity index (χ0n) is 80.6. The van der Waals surface area contributed by atoms with Crippen LogP contribution >= 0.6 is 0 Å². The number of fused-ring (bicyclic) bond motifs is 17. The number of nitrogens with zero attached hydrogens (tertiary/aromatic N) is 9. The van der Waals surface area contributed by atoms with Crippen LogP contribution in [0.3, 0.4) is 0 Å². The predicted molar refractivity (Wildman–Crippen MR) is 488 cm³/mol. The van der Waals surface area contributed by atoms with Gasteiger partial charge in [0.15, 0.2) is 6.61 Å². The first-order valence-corrected chi connectivity index (χ1v) is 48.3. The van der Waals surface area contributed by atoms with Gasteiger partial charge in [0.2, 0.25) is 35.4 Å². The molecule has 0 spiro atoms. The molecule has 9 heterocycles. The van der Waals surface area contributed by atoms with E-state index < -0.39 is 114 Å². The number of hydrogen-bond acceptors (Lipinski definition) is 24. The maximum atomic E-state index is 14.1. The Morgan fingerprint density at radius 1 is 0.390 bits per heavy atom. The molecule has 4 saturated carbocycles. The van der Waals surface area contributed by atoms with Crippen LogP contribution in [-0.2, 0) is 118 Å². The van der Waals surface area contributed by atoms with Crippen molar-refractivity contribution in [1.29, 1.82) is 0 Å². The molecule has 10 aliphatic rings. The number of ether oxygens (including phenoxy) is 9. The van der Waals surface area contributed by atoms with Crippen LogP contribution in [-0.4, -0.2) is 218 Å². The Morgan fingerprint density at radius 3 is 1.16 bits per heavy atom. The van der Waals surface area contributed by atoms with Crippen molar-refractivity contribution in [3.05, 3.63) is 71.7 Å². The largest absolute Gasteiger partial charge is 0.540 e. The molecular weight excluding hydrogens is 1870 g/mol. The summed E-state index contributed by atoms with van der Waals surface area (Å²) in [5.41, 5.74) is 3.82. The van der Waals surface area contributed by atoms with Crippen LogP contribution < -0.4 is 44.4 Å². The van der Waals surface area contributed by atoms with E-state index in [0.717, 1.165) is 138 Å². The zero-order valence-corrected chi connectivity index (χ0v) is 84.8. The number of rotatable bonds is 11. The second kappa shape index (κ2) is 46.6. The fraction of sp³-hybridized carbons (Fsp3) is 0.670. The molecule has 2 unspecified atom stereocenters. The quantitative estimate of drug-likeness (QED) is 0.0801. The Morgan fingerprint density at radius 2 is 0.757 bits per heavy atom. The van der Waals surface area contributed by atoms with Gasteiger partial charge in [-0.1, -0.05) is 153 Å². The number of amides is 6. The third-order valence-corrected chi connectivity index (χ3v) is 28.3. The second-order valence-corrected chi connectivity index (χ2v) is 41.0. The van der Waals surface area contributed by atoms with Gasteiger partial charge in [-0.3, -0.25) is 14.4 Å². The Kier molecular flexibility index (Phi) is 36.9. The number of aryl methyl sites for hydroxylation is 3. The van der Waals surface area contributed by atoms with Crippen LogP contribution in [0.15, 0.2) is 54.6 Å². The van der Waals surface area contributed by atoms with Crippen molar-refractivity contribution >= 4 is 88.0 Å². The first kappa shape index (κ1) is 108. The van der Waals surface area contributed by atoms with Crippen LogP contribution in [0.25, 0.3) is 33.1 Å². The number of aromatic nitrogens is 6. The fourth-order valence-corrected chi connectivity index (χ4v) is 20.8. The van der Waals surface area contributed by atoms with Gasteiger partial charge in [-0.25, -0.2) is 63.1 Å². The van der Waals surface area contributed by atoms with E-state index in [1.165, 1.54) is 26.8 Å². The molecule has 20 atom stereocenters. The minimum absolute atomic E-state index is 0. The molecule has 3 aromatic carbocycles. The maximum Gasteiger partial charge on any atom is 0.422 e. The van der Waals surface area contributed by atoms with Crippen molar-refractivity contribution < 1.29 is 155 Å². The van der Waals surface area contributed by atoms with Crippen molar-refractivity contribution in [2.24, 2.45) is 63.6 Å². The van der Waals surface area contributed by atoms with Gasteiger partial charge < -0.3 is 87.7 Å². The third-order valence-electron chi connectivity index (χ3n) is 28.3. The number of carbonyl (C=O) groups excluding carboxylic acids is 9. The van der Waals surface area contributed by atoms with Gasteiger partial charge >= 0.3 is 24.5 Å². The van der Waals surface area contributed by atoms with E-state index in [9.17, 15) is 56.3 Å². The van der Waals surface area contributed by atoms with Gasteiger partial charge in [0, 0.05) is 73.9 Å². The Balaban J connectivity index is 0.000000194. The Bertz CT molecular complexity index is 5180. The maximum absolute atomic E-state index is 14.1. The predicted octanol–water partition coefficient (Wildman–Crippen LogP) is 15.9. The van der Waals surface area contributed by atoms with Crippen molar-refractivity contribution in [2.75, 3.05) is 39.5 Å². The molecule has 6 aliphatic heterocycles.